The van der Waals surface area contributed by atoms with Crippen LogP contribution in [0.3, 0.4) is 0 Å². The van der Waals surface area contributed by atoms with Gasteiger partial charge in [-0.15, -0.1) is 0 Å². The third kappa shape index (κ3) is 3.86. The number of hydrogen-bond acceptors (Lipinski definition) is 5. The molecular weight excluding hydrogens is 414 g/mol. The van der Waals surface area contributed by atoms with Crippen LogP contribution >= 0.6 is 11.6 Å². The summed E-state index contributed by atoms with van der Waals surface area (Å²) in [5, 5.41) is 4.00. The molecule has 0 spiro atoms. The Labute approximate surface area is 186 Å². The minimum atomic E-state index is -0.543. The fourth-order valence-electron chi connectivity index (χ4n) is 4.61. The van der Waals surface area contributed by atoms with Gasteiger partial charge in [-0.3, -0.25) is 4.79 Å². The van der Waals surface area contributed by atoms with Gasteiger partial charge in [-0.1, -0.05) is 41.9 Å². The number of halogens is 1. The minimum absolute atomic E-state index is 0.0125. The van der Waals surface area contributed by atoms with Gasteiger partial charge in [0.2, 0.25) is 0 Å². The van der Waals surface area contributed by atoms with Gasteiger partial charge in [-0.2, -0.15) is 0 Å². The number of ether oxygens (including phenoxy) is 2. The van der Waals surface area contributed by atoms with Crippen molar-refractivity contribution < 1.29 is 19.1 Å². The van der Waals surface area contributed by atoms with Crippen LogP contribution in [0, 0.1) is 0 Å². The average molecular weight is 438 g/mol. The number of methoxy groups -OCH3 is 2. The summed E-state index contributed by atoms with van der Waals surface area (Å²) in [6, 6.07) is 15.1. The third-order valence-corrected chi connectivity index (χ3v) is 6.28. The fraction of sp³-hybridized carbons (Fsp3) is 0.280. The Balaban J connectivity index is 1.83. The number of para-hydroxylation sites is 1. The van der Waals surface area contributed by atoms with Crippen LogP contribution < -0.4 is 10.1 Å². The molecule has 4 rings (SSSR count). The van der Waals surface area contributed by atoms with E-state index >= 15 is 0 Å². The molecule has 1 N–H and O–H groups in total. The maximum Gasteiger partial charge on any atom is 0.336 e. The summed E-state index contributed by atoms with van der Waals surface area (Å²) in [6.07, 6.45) is 1.03. The van der Waals surface area contributed by atoms with Gasteiger partial charge in [0.05, 0.1) is 25.7 Å². The SMILES string of the molecule is COC(=O)C1=C(C)NC2=C(C(=O)C[C@@H](c3ccc(Cl)cc3)C2)[C@@H]1c1ccccc1OC. The first-order valence-electron chi connectivity index (χ1n) is 10.1. The Hall–Kier alpha value is -3.05. The molecule has 0 radical (unpaired) electrons. The van der Waals surface area contributed by atoms with E-state index in [1.807, 2.05) is 55.5 Å². The number of esters is 1. The van der Waals surface area contributed by atoms with Crippen LogP contribution in [0.2, 0.25) is 5.02 Å². The molecule has 1 heterocycles. The van der Waals surface area contributed by atoms with Crippen molar-refractivity contribution in [3.8, 4) is 5.75 Å². The molecule has 2 atom stereocenters. The van der Waals surface area contributed by atoms with E-state index in [1.54, 1.807) is 7.11 Å². The summed E-state index contributed by atoms with van der Waals surface area (Å²) in [6.45, 7) is 1.84. The van der Waals surface area contributed by atoms with E-state index in [0.29, 0.717) is 40.5 Å². The predicted octanol–water partition coefficient (Wildman–Crippen LogP) is 4.88. The van der Waals surface area contributed by atoms with Crippen LogP contribution in [0.25, 0.3) is 0 Å². The highest BCUT2D eigenvalue weighted by molar-refractivity contribution is 6.30. The molecule has 0 amide bonds. The smallest absolute Gasteiger partial charge is 0.336 e. The van der Waals surface area contributed by atoms with Crippen LogP contribution in [0.15, 0.2) is 71.1 Å². The first kappa shape index (κ1) is 21.2. The number of Topliss-reactive ketones (excluding diaryl/α,β-unsaturated/α-hetero) is 1. The van der Waals surface area contributed by atoms with Gasteiger partial charge in [0.15, 0.2) is 5.78 Å². The molecule has 2 aromatic carbocycles. The van der Waals surface area contributed by atoms with Crippen LogP contribution in [-0.2, 0) is 14.3 Å². The van der Waals surface area contributed by atoms with Crippen LogP contribution in [0.4, 0.5) is 0 Å². The van der Waals surface area contributed by atoms with E-state index in [0.717, 1.165) is 16.8 Å². The molecule has 0 saturated carbocycles. The van der Waals surface area contributed by atoms with Gasteiger partial charge in [0.25, 0.3) is 0 Å². The second-order valence-electron chi connectivity index (χ2n) is 7.80. The summed E-state index contributed by atoms with van der Waals surface area (Å²) in [5.74, 6) is -0.318. The van der Waals surface area contributed by atoms with Crippen molar-refractivity contribution in [1.29, 1.82) is 0 Å². The number of carbonyl (C=O) groups is 2. The molecule has 0 fully saturated rings. The fourth-order valence-corrected chi connectivity index (χ4v) is 4.73. The number of ketones is 1. The normalized spacial score (nSPS) is 20.8. The quantitative estimate of drug-likeness (QED) is 0.690. The van der Waals surface area contributed by atoms with Gasteiger partial charge in [0.1, 0.15) is 5.75 Å². The van der Waals surface area contributed by atoms with E-state index in [-0.39, 0.29) is 11.7 Å². The third-order valence-electron chi connectivity index (χ3n) is 6.02. The lowest BCUT2D eigenvalue weighted by Gasteiger charge is -2.37. The molecule has 31 heavy (non-hydrogen) atoms. The highest BCUT2D eigenvalue weighted by Gasteiger charge is 2.42. The summed E-state index contributed by atoms with van der Waals surface area (Å²) in [7, 11) is 2.94. The van der Waals surface area contributed by atoms with Crippen molar-refractivity contribution in [2.45, 2.75) is 31.6 Å². The highest BCUT2D eigenvalue weighted by atomic mass is 35.5. The zero-order valence-electron chi connectivity index (χ0n) is 17.7. The Morgan fingerprint density at radius 1 is 1.06 bits per heavy atom. The van der Waals surface area contributed by atoms with E-state index < -0.39 is 11.9 Å². The zero-order chi connectivity index (χ0) is 22.1. The van der Waals surface area contributed by atoms with E-state index in [2.05, 4.69) is 5.32 Å². The van der Waals surface area contributed by atoms with Gasteiger partial charge in [-0.25, -0.2) is 4.79 Å². The molecule has 1 aliphatic carbocycles. The molecule has 1 aliphatic heterocycles. The minimum Gasteiger partial charge on any atom is -0.496 e. The number of carbonyl (C=O) groups excluding carboxylic acids is 2. The Morgan fingerprint density at radius 2 is 1.77 bits per heavy atom. The summed E-state index contributed by atoms with van der Waals surface area (Å²) >= 11 is 6.03. The lowest BCUT2D eigenvalue weighted by molar-refractivity contribution is -0.136. The second kappa shape index (κ2) is 8.60. The lowest BCUT2D eigenvalue weighted by atomic mass is 9.71. The molecule has 5 nitrogen and oxygen atoms in total. The van der Waals surface area contributed by atoms with Crippen molar-refractivity contribution in [1.82, 2.24) is 5.32 Å². The standard InChI is InChI=1S/C25H24ClNO4/c1-14-22(25(29)31-3)23(18-6-4-5-7-21(18)30-2)24-19(27-14)12-16(13-20(24)28)15-8-10-17(26)11-9-15/h4-11,16,23,27H,12-13H2,1-3H3/t16-,23+/m0/s1. The van der Waals surface area contributed by atoms with Gasteiger partial charge in [0, 0.05) is 34.0 Å². The van der Waals surface area contributed by atoms with Crippen molar-refractivity contribution in [3.63, 3.8) is 0 Å². The predicted molar refractivity (Wildman–Crippen MR) is 119 cm³/mol. The summed E-state index contributed by atoms with van der Waals surface area (Å²) in [5.41, 5.74) is 4.42. The average Bonchev–Trinajstić information content (AvgIpc) is 2.78. The molecule has 0 unspecified atom stereocenters. The topological polar surface area (TPSA) is 64.6 Å². The first-order valence-corrected chi connectivity index (χ1v) is 10.5. The van der Waals surface area contributed by atoms with E-state index in [4.69, 9.17) is 21.1 Å². The van der Waals surface area contributed by atoms with E-state index in [9.17, 15) is 9.59 Å². The van der Waals surface area contributed by atoms with Crippen LogP contribution in [-0.4, -0.2) is 26.0 Å². The molecular formula is C25H24ClNO4. The number of rotatable bonds is 4. The van der Waals surface area contributed by atoms with Crippen LogP contribution in [0.5, 0.6) is 5.75 Å². The second-order valence-corrected chi connectivity index (χ2v) is 8.24. The van der Waals surface area contributed by atoms with Gasteiger partial charge in [-0.05, 0) is 43.0 Å². The Morgan fingerprint density at radius 3 is 2.45 bits per heavy atom. The number of hydrogen-bond donors (Lipinski definition) is 1. The zero-order valence-corrected chi connectivity index (χ0v) is 18.5. The summed E-state index contributed by atoms with van der Waals surface area (Å²) in [4.78, 5) is 26.2. The van der Waals surface area contributed by atoms with E-state index in [1.165, 1.54) is 7.11 Å². The largest absolute Gasteiger partial charge is 0.496 e. The summed E-state index contributed by atoms with van der Waals surface area (Å²) < 4.78 is 10.6. The van der Waals surface area contributed by atoms with Crippen LogP contribution in [0.1, 0.15) is 42.7 Å². The molecule has 0 saturated heterocycles. The first-order chi connectivity index (χ1) is 14.9. The Bertz CT molecular complexity index is 1100. The maximum atomic E-state index is 13.5. The number of benzene rings is 2. The molecule has 2 aliphatic rings. The molecule has 0 bridgehead atoms. The Kier molecular flexibility index (Phi) is 5.88. The number of nitrogens with one attached hydrogen (secondary N) is 1. The molecule has 2 aromatic rings. The van der Waals surface area contributed by atoms with Crippen molar-refractivity contribution in [3.05, 3.63) is 87.2 Å². The molecule has 160 valence electrons. The van der Waals surface area contributed by atoms with Crippen molar-refractivity contribution in [2.75, 3.05) is 14.2 Å². The highest BCUT2D eigenvalue weighted by Crippen LogP contribution is 2.47. The van der Waals surface area contributed by atoms with Gasteiger partial charge >= 0.3 is 5.97 Å². The van der Waals surface area contributed by atoms with Crippen molar-refractivity contribution in [2.24, 2.45) is 0 Å². The van der Waals surface area contributed by atoms with Crippen molar-refractivity contribution >= 4 is 23.4 Å². The maximum absolute atomic E-state index is 13.5. The number of allylic oxidation sites excluding steroid dienone is 3. The molecule has 6 heteroatoms. The van der Waals surface area contributed by atoms with Gasteiger partial charge < -0.3 is 14.8 Å². The number of dihydropyridines is 1. The monoisotopic (exact) mass is 437 g/mol. The molecule has 0 aromatic heterocycles. The lowest BCUT2D eigenvalue weighted by Crippen LogP contribution is -2.36.